The molecule has 2 aromatic heterocycles. The van der Waals surface area contributed by atoms with Crippen molar-refractivity contribution in [1.82, 2.24) is 20.2 Å². The molecule has 1 aliphatic heterocycles. The van der Waals surface area contributed by atoms with Crippen LogP contribution in [-0.2, 0) is 0 Å². The topological polar surface area (TPSA) is 69.7 Å². The zero-order valence-electron chi connectivity index (χ0n) is 11.5. The third-order valence-corrected chi connectivity index (χ3v) is 3.74. The molecule has 1 saturated heterocycles. The Morgan fingerprint density at radius 2 is 2.32 bits per heavy atom. The normalized spacial score (nSPS) is 19.3. The number of anilines is 2. The Morgan fingerprint density at radius 1 is 1.42 bits per heavy atom. The highest BCUT2D eigenvalue weighted by Gasteiger charge is 2.26. The summed E-state index contributed by atoms with van der Waals surface area (Å²) in [6.45, 7) is 6.17. The maximum atomic E-state index is 4.69. The van der Waals surface area contributed by atoms with Crippen LogP contribution >= 0.6 is 0 Å². The van der Waals surface area contributed by atoms with Crippen LogP contribution in [0.5, 0.6) is 0 Å². The summed E-state index contributed by atoms with van der Waals surface area (Å²) in [4.78, 5) is 11.5. The second-order valence-electron chi connectivity index (χ2n) is 4.93. The molecule has 1 fully saturated rings. The molecule has 0 saturated carbocycles. The lowest BCUT2D eigenvalue weighted by Gasteiger charge is -2.25. The lowest BCUT2D eigenvalue weighted by molar-refractivity contribution is 0.642. The fourth-order valence-electron chi connectivity index (χ4n) is 2.81. The molecule has 1 aliphatic rings. The molecule has 6 nitrogen and oxygen atoms in total. The Morgan fingerprint density at radius 3 is 3.11 bits per heavy atom. The van der Waals surface area contributed by atoms with Crippen molar-refractivity contribution < 1.29 is 0 Å². The number of H-pyrrole nitrogens is 1. The molecule has 102 valence electrons. The second-order valence-corrected chi connectivity index (χ2v) is 4.93. The molecule has 2 N–H and O–H groups in total. The monoisotopic (exact) mass is 260 g/mol. The van der Waals surface area contributed by atoms with Crippen LogP contribution in [0, 0.1) is 0 Å². The number of aromatic nitrogens is 4. The van der Waals surface area contributed by atoms with E-state index < -0.39 is 0 Å². The van der Waals surface area contributed by atoms with E-state index in [1.54, 1.807) is 0 Å². The minimum absolute atomic E-state index is 0.586. The molecule has 0 amide bonds. The summed E-state index contributed by atoms with van der Waals surface area (Å²) < 4.78 is 0. The van der Waals surface area contributed by atoms with Crippen molar-refractivity contribution >= 4 is 22.8 Å². The minimum Gasteiger partial charge on any atom is -0.354 e. The van der Waals surface area contributed by atoms with Crippen LogP contribution in [0.3, 0.4) is 0 Å². The van der Waals surface area contributed by atoms with Gasteiger partial charge in [0.2, 0.25) is 5.95 Å². The first-order valence-electron chi connectivity index (χ1n) is 7.05. The van der Waals surface area contributed by atoms with Crippen LogP contribution < -0.4 is 10.2 Å². The molecule has 3 rings (SSSR count). The highest BCUT2D eigenvalue weighted by Crippen LogP contribution is 2.31. The predicted molar refractivity (Wildman–Crippen MR) is 76.5 cm³/mol. The van der Waals surface area contributed by atoms with Crippen LogP contribution in [0.1, 0.15) is 33.1 Å². The van der Waals surface area contributed by atoms with Gasteiger partial charge in [-0.2, -0.15) is 15.1 Å². The predicted octanol–water partition coefficient (Wildman–Crippen LogP) is 2.16. The zero-order chi connectivity index (χ0) is 13.2. The summed E-state index contributed by atoms with van der Waals surface area (Å²) in [5.41, 5.74) is 0.808. The number of hydrogen-bond acceptors (Lipinski definition) is 5. The average molecular weight is 260 g/mol. The molecule has 6 heteroatoms. The van der Waals surface area contributed by atoms with E-state index >= 15 is 0 Å². The van der Waals surface area contributed by atoms with E-state index in [0.29, 0.717) is 12.0 Å². The van der Waals surface area contributed by atoms with E-state index in [-0.39, 0.29) is 0 Å². The van der Waals surface area contributed by atoms with Gasteiger partial charge in [-0.3, -0.25) is 5.10 Å². The van der Waals surface area contributed by atoms with Crippen molar-refractivity contribution in [3.8, 4) is 0 Å². The molecule has 0 aliphatic carbocycles. The fraction of sp³-hybridized carbons (Fsp3) is 0.615. The van der Waals surface area contributed by atoms with E-state index in [2.05, 4.69) is 37.3 Å². The number of nitrogens with zero attached hydrogens (tertiary/aromatic N) is 4. The van der Waals surface area contributed by atoms with Gasteiger partial charge >= 0.3 is 0 Å². The smallest absolute Gasteiger partial charge is 0.226 e. The van der Waals surface area contributed by atoms with Gasteiger partial charge in [-0.25, -0.2) is 0 Å². The summed E-state index contributed by atoms with van der Waals surface area (Å²) in [7, 11) is 0. The average Bonchev–Trinajstić information content (AvgIpc) is 3.06. The largest absolute Gasteiger partial charge is 0.354 e. The molecule has 0 spiro atoms. The van der Waals surface area contributed by atoms with Crippen LogP contribution in [0.2, 0.25) is 0 Å². The number of aromatic amines is 1. The molecular formula is C13H20N6. The van der Waals surface area contributed by atoms with Crippen LogP contribution in [0.4, 0.5) is 11.8 Å². The van der Waals surface area contributed by atoms with Crippen molar-refractivity contribution in [3.63, 3.8) is 0 Å². The van der Waals surface area contributed by atoms with E-state index in [0.717, 1.165) is 36.4 Å². The van der Waals surface area contributed by atoms with Crippen LogP contribution in [0.15, 0.2) is 6.20 Å². The maximum absolute atomic E-state index is 4.69. The van der Waals surface area contributed by atoms with Crippen LogP contribution in [-0.4, -0.2) is 39.3 Å². The molecule has 0 bridgehead atoms. The minimum atomic E-state index is 0.586. The van der Waals surface area contributed by atoms with E-state index in [9.17, 15) is 0 Å². The van der Waals surface area contributed by atoms with Gasteiger partial charge in [-0.05, 0) is 26.2 Å². The number of hydrogen-bond donors (Lipinski definition) is 2. The first kappa shape index (κ1) is 12.2. The number of nitrogens with one attached hydrogen (secondary N) is 2. The first-order chi connectivity index (χ1) is 9.33. The van der Waals surface area contributed by atoms with E-state index in [4.69, 9.17) is 0 Å². The quantitative estimate of drug-likeness (QED) is 0.881. The summed E-state index contributed by atoms with van der Waals surface area (Å²) in [6.07, 6.45) is 5.46. The van der Waals surface area contributed by atoms with Gasteiger partial charge in [-0.15, -0.1) is 0 Å². The second kappa shape index (κ2) is 5.03. The number of rotatable bonds is 4. The first-order valence-corrected chi connectivity index (χ1v) is 7.05. The zero-order valence-corrected chi connectivity index (χ0v) is 11.5. The van der Waals surface area contributed by atoms with Gasteiger partial charge in [0.15, 0.2) is 5.65 Å². The van der Waals surface area contributed by atoms with Gasteiger partial charge in [-0.1, -0.05) is 6.92 Å². The fourth-order valence-corrected chi connectivity index (χ4v) is 2.81. The van der Waals surface area contributed by atoms with Crippen LogP contribution in [0.25, 0.3) is 11.0 Å². The van der Waals surface area contributed by atoms with Crippen molar-refractivity contribution in [1.29, 1.82) is 0 Å². The van der Waals surface area contributed by atoms with E-state index in [1.165, 1.54) is 12.8 Å². The molecule has 0 aromatic carbocycles. The lowest BCUT2D eigenvalue weighted by Crippen LogP contribution is -2.29. The Labute approximate surface area is 112 Å². The molecule has 2 aromatic rings. The molecule has 3 heterocycles. The Balaban J connectivity index is 2.07. The Bertz CT molecular complexity index is 563. The third kappa shape index (κ3) is 2.11. The molecular weight excluding hydrogens is 240 g/mol. The van der Waals surface area contributed by atoms with Gasteiger partial charge in [0.25, 0.3) is 0 Å². The Kier molecular flexibility index (Phi) is 3.23. The van der Waals surface area contributed by atoms with Gasteiger partial charge in [0.05, 0.1) is 11.6 Å². The summed E-state index contributed by atoms with van der Waals surface area (Å²) in [5.74, 6) is 1.69. The maximum Gasteiger partial charge on any atom is 0.226 e. The molecule has 0 radical (unpaired) electrons. The molecule has 1 unspecified atom stereocenters. The van der Waals surface area contributed by atoms with Gasteiger partial charge < -0.3 is 10.2 Å². The summed E-state index contributed by atoms with van der Waals surface area (Å²) in [5, 5.41) is 11.3. The SMILES string of the molecule is CCNc1nc(N2CCCC2CC)c2cn[nH]c2n1. The van der Waals surface area contributed by atoms with Crippen molar-refractivity contribution in [2.24, 2.45) is 0 Å². The van der Waals surface area contributed by atoms with Gasteiger partial charge in [0, 0.05) is 19.1 Å². The number of fused-ring (bicyclic) bond motifs is 1. The highest BCUT2D eigenvalue weighted by molar-refractivity contribution is 5.87. The van der Waals surface area contributed by atoms with Crippen molar-refractivity contribution in [2.45, 2.75) is 39.2 Å². The lowest BCUT2D eigenvalue weighted by atomic mass is 10.1. The Hall–Kier alpha value is -1.85. The van der Waals surface area contributed by atoms with Crippen molar-refractivity contribution in [2.75, 3.05) is 23.3 Å². The molecule has 1 atom stereocenters. The summed E-state index contributed by atoms with van der Waals surface area (Å²) in [6, 6.07) is 0.586. The van der Waals surface area contributed by atoms with Crippen molar-refractivity contribution in [3.05, 3.63) is 6.20 Å². The summed E-state index contributed by atoms with van der Waals surface area (Å²) >= 11 is 0. The standard InChI is InChI=1S/C13H20N6/c1-3-9-6-5-7-19(9)12-10-8-15-18-11(10)16-13(17-12)14-4-2/h8-9H,3-7H2,1-2H3,(H2,14,15,16,17,18). The molecule has 19 heavy (non-hydrogen) atoms. The van der Waals surface area contributed by atoms with E-state index in [1.807, 2.05) is 13.1 Å². The highest BCUT2D eigenvalue weighted by atomic mass is 15.3. The third-order valence-electron chi connectivity index (χ3n) is 3.74. The van der Waals surface area contributed by atoms with Gasteiger partial charge in [0.1, 0.15) is 5.82 Å².